The van der Waals surface area contributed by atoms with Gasteiger partial charge in [0.15, 0.2) is 5.78 Å². The van der Waals surface area contributed by atoms with Gasteiger partial charge in [-0.15, -0.1) is 0 Å². The van der Waals surface area contributed by atoms with Crippen LogP contribution in [0.15, 0.2) is 48.5 Å². The second-order valence-electron chi connectivity index (χ2n) is 6.05. The molecule has 24 heavy (non-hydrogen) atoms. The number of halogens is 3. The fourth-order valence-electron chi connectivity index (χ4n) is 2.89. The fourth-order valence-corrected chi connectivity index (χ4v) is 3.01. The van der Waals surface area contributed by atoms with E-state index in [1.807, 2.05) is 24.3 Å². The summed E-state index contributed by atoms with van der Waals surface area (Å²) in [6.45, 7) is -2.90. The molecule has 2 aromatic rings. The molecule has 1 atom stereocenters. The molecule has 0 aliphatic heterocycles. The third-order valence-corrected chi connectivity index (χ3v) is 4.49. The van der Waals surface area contributed by atoms with E-state index in [-0.39, 0.29) is 17.5 Å². The number of carbonyl (C=O) groups excluding carboxylic acids is 1. The Morgan fingerprint density at radius 2 is 1.88 bits per heavy atom. The quantitative estimate of drug-likeness (QED) is 0.625. The Labute approximate surface area is 144 Å². The molecule has 0 radical (unpaired) electrons. The highest BCUT2D eigenvalue weighted by Crippen LogP contribution is 2.40. The first-order valence-corrected chi connectivity index (χ1v) is 8.24. The Kier molecular flexibility index (Phi) is 5.14. The molecule has 0 N–H and O–H groups in total. The lowest BCUT2D eigenvalue weighted by atomic mass is 9.87. The maximum atomic E-state index is 12.9. The minimum absolute atomic E-state index is 0.0110. The smallest absolute Gasteiger partial charge is 0.387 e. The largest absolute Gasteiger partial charge is 0.435 e. The van der Waals surface area contributed by atoms with E-state index in [9.17, 15) is 13.6 Å². The summed E-state index contributed by atoms with van der Waals surface area (Å²) in [5.41, 5.74) is 1.46. The molecule has 1 aliphatic carbocycles. The van der Waals surface area contributed by atoms with Crippen LogP contribution in [-0.2, 0) is 6.42 Å². The molecule has 3 rings (SSSR count). The molecule has 0 saturated heterocycles. The lowest BCUT2D eigenvalue weighted by molar-refractivity contribution is -0.0498. The second kappa shape index (κ2) is 7.31. The second-order valence-corrected chi connectivity index (χ2v) is 6.48. The van der Waals surface area contributed by atoms with Gasteiger partial charge in [0.05, 0.1) is 0 Å². The van der Waals surface area contributed by atoms with E-state index in [1.165, 1.54) is 12.1 Å². The van der Waals surface area contributed by atoms with Crippen molar-refractivity contribution in [2.75, 3.05) is 0 Å². The van der Waals surface area contributed by atoms with Gasteiger partial charge in [0.25, 0.3) is 0 Å². The van der Waals surface area contributed by atoms with Gasteiger partial charge < -0.3 is 4.74 Å². The van der Waals surface area contributed by atoms with Gasteiger partial charge in [-0.1, -0.05) is 35.9 Å². The van der Waals surface area contributed by atoms with Crippen molar-refractivity contribution in [3.05, 3.63) is 64.7 Å². The fraction of sp³-hybridized carbons (Fsp3) is 0.316. The van der Waals surface area contributed by atoms with Crippen LogP contribution in [0.4, 0.5) is 8.78 Å². The van der Waals surface area contributed by atoms with Crippen molar-refractivity contribution < 1.29 is 18.3 Å². The van der Waals surface area contributed by atoms with Crippen molar-refractivity contribution in [2.24, 2.45) is 11.8 Å². The van der Waals surface area contributed by atoms with Crippen LogP contribution in [0, 0.1) is 11.8 Å². The van der Waals surface area contributed by atoms with E-state index in [0.717, 1.165) is 18.4 Å². The van der Waals surface area contributed by atoms with Crippen molar-refractivity contribution in [3.63, 3.8) is 0 Å². The van der Waals surface area contributed by atoms with E-state index in [2.05, 4.69) is 4.74 Å². The van der Waals surface area contributed by atoms with Crippen LogP contribution in [0.25, 0.3) is 0 Å². The van der Waals surface area contributed by atoms with Crippen LogP contribution in [0.3, 0.4) is 0 Å². The number of carbonyl (C=O) groups is 1. The molecule has 1 saturated carbocycles. The van der Waals surface area contributed by atoms with Gasteiger partial charge in [0.2, 0.25) is 0 Å². The summed E-state index contributed by atoms with van der Waals surface area (Å²) in [7, 11) is 0. The predicted octanol–water partition coefficient (Wildman–Crippen LogP) is 5.39. The van der Waals surface area contributed by atoms with Crippen LogP contribution in [-0.4, -0.2) is 12.4 Å². The minimum Gasteiger partial charge on any atom is -0.435 e. The highest BCUT2D eigenvalue weighted by atomic mass is 35.5. The lowest BCUT2D eigenvalue weighted by Crippen LogP contribution is -2.20. The molecule has 2 aromatic carbocycles. The molecular formula is C19H17ClF2O2. The highest BCUT2D eigenvalue weighted by molar-refractivity contribution is 6.30. The van der Waals surface area contributed by atoms with E-state index in [4.69, 9.17) is 11.6 Å². The number of hydrogen-bond acceptors (Lipinski definition) is 2. The average Bonchev–Trinajstić information content (AvgIpc) is 3.38. The zero-order valence-corrected chi connectivity index (χ0v) is 13.7. The summed E-state index contributed by atoms with van der Waals surface area (Å²) in [5, 5.41) is 0.657. The van der Waals surface area contributed by atoms with Gasteiger partial charge in [-0.25, -0.2) is 0 Å². The molecule has 2 nitrogen and oxygen atoms in total. The maximum Gasteiger partial charge on any atom is 0.387 e. The Hall–Kier alpha value is -1.94. The molecule has 1 fully saturated rings. The molecule has 126 valence electrons. The standard InChI is InChI=1S/C19H17ClF2O2/c20-15-8-4-12(5-9-15)10-17(13-6-7-13)18(23)14-2-1-3-16(11-14)24-19(21)22/h1-5,8-9,11,13,17,19H,6-7,10H2. The number of rotatable bonds is 7. The van der Waals surface area contributed by atoms with Crippen molar-refractivity contribution >= 4 is 17.4 Å². The van der Waals surface area contributed by atoms with Crippen LogP contribution >= 0.6 is 11.6 Å². The summed E-state index contributed by atoms with van der Waals surface area (Å²) in [6.07, 6.45) is 2.68. The van der Waals surface area contributed by atoms with Gasteiger partial charge in [-0.3, -0.25) is 4.79 Å². The average molecular weight is 351 g/mol. The molecule has 1 aliphatic rings. The van der Waals surface area contributed by atoms with Crippen LogP contribution in [0.2, 0.25) is 5.02 Å². The molecule has 0 bridgehead atoms. The molecule has 0 amide bonds. The van der Waals surface area contributed by atoms with Crippen LogP contribution < -0.4 is 4.74 Å². The first-order chi connectivity index (χ1) is 11.5. The summed E-state index contributed by atoms with van der Waals surface area (Å²) in [6, 6.07) is 13.5. The molecule has 0 aromatic heterocycles. The summed E-state index contributed by atoms with van der Waals surface area (Å²) >= 11 is 5.90. The van der Waals surface area contributed by atoms with Crippen molar-refractivity contribution in [2.45, 2.75) is 25.9 Å². The van der Waals surface area contributed by atoms with Gasteiger partial charge in [0.1, 0.15) is 5.75 Å². The van der Waals surface area contributed by atoms with E-state index >= 15 is 0 Å². The van der Waals surface area contributed by atoms with E-state index < -0.39 is 6.61 Å². The molecular weight excluding hydrogens is 334 g/mol. The predicted molar refractivity (Wildman–Crippen MR) is 88.8 cm³/mol. The number of ether oxygens (including phenoxy) is 1. The lowest BCUT2D eigenvalue weighted by Gasteiger charge is -2.16. The Balaban J connectivity index is 1.78. The van der Waals surface area contributed by atoms with E-state index in [1.54, 1.807) is 12.1 Å². The minimum atomic E-state index is -2.90. The number of alkyl halides is 2. The molecule has 5 heteroatoms. The van der Waals surface area contributed by atoms with Crippen LogP contribution in [0.1, 0.15) is 28.8 Å². The maximum absolute atomic E-state index is 12.9. The highest BCUT2D eigenvalue weighted by Gasteiger charge is 2.36. The Morgan fingerprint density at radius 3 is 2.50 bits per heavy atom. The number of hydrogen-bond donors (Lipinski definition) is 0. The number of benzene rings is 2. The Morgan fingerprint density at radius 1 is 1.17 bits per heavy atom. The van der Waals surface area contributed by atoms with E-state index in [0.29, 0.717) is 22.9 Å². The topological polar surface area (TPSA) is 26.3 Å². The van der Waals surface area contributed by atoms with Crippen LogP contribution in [0.5, 0.6) is 5.75 Å². The normalized spacial score (nSPS) is 15.3. The third kappa shape index (κ3) is 4.32. The molecule has 0 spiro atoms. The first kappa shape index (κ1) is 16.9. The first-order valence-electron chi connectivity index (χ1n) is 7.86. The van der Waals surface area contributed by atoms with Crippen molar-refractivity contribution in [3.8, 4) is 5.75 Å². The molecule has 0 heterocycles. The van der Waals surface area contributed by atoms with Gasteiger partial charge >= 0.3 is 6.61 Å². The number of Topliss-reactive ketones (excluding diaryl/α,β-unsaturated/α-hetero) is 1. The Bertz CT molecular complexity index is 712. The summed E-state index contributed by atoms with van der Waals surface area (Å²) in [5.74, 6) is 0.199. The third-order valence-electron chi connectivity index (χ3n) is 4.24. The summed E-state index contributed by atoms with van der Waals surface area (Å²) in [4.78, 5) is 12.9. The monoisotopic (exact) mass is 350 g/mol. The zero-order valence-electron chi connectivity index (χ0n) is 12.9. The van der Waals surface area contributed by atoms with Gasteiger partial charge in [-0.05, 0) is 55.0 Å². The van der Waals surface area contributed by atoms with Crippen molar-refractivity contribution in [1.29, 1.82) is 0 Å². The SMILES string of the molecule is O=C(c1cccc(OC(F)F)c1)C(Cc1ccc(Cl)cc1)C1CC1. The van der Waals surface area contributed by atoms with Crippen molar-refractivity contribution in [1.82, 2.24) is 0 Å². The summed E-state index contributed by atoms with van der Waals surface area (Å²) < 4.78 is 29.1. The zero-order chi connectivity index (χ0) is 17.1. The van der Waals surface area contributed by atoms with Gasteiger partial charge in [-0.2, -0.15) is 8.78 Å². The molecule has 1 unspecified atom stereocenters. The number of ketones is 1. The van der Waals surface area contributed by atoms with Gasteiger partial charge in [0, 0.05) is 16.5 Å².